The Morgan fingerprint density at radius 3 is 2.85 bits per heavy atom. The summed E-state index contributed by atoms with van der Waals surface area (Å²) < 4.78 is 16.1. The molecule has 0 fully saturated rings. The number of imidazole rings is 1. The van der Waals surface area contributed by atoms with Crippen molar-refractivity contribution in [3.63, 3.8) is 0 Å². The molecule has 0 unspecified atom stereocenters. The third kappa shape index (κ3) is 2.89. The molecule has 4 rings (SSSR count). The lowest BCUT2D eigenvalue weighted by atomic mass is 10.0. The van der Waals surface area contributed by atoms with Gasteiger partial charge in [0.1, 0.15) is 17.2 Å². The van der Waals surface area contributed by atoms with Gasteiger partial charge in [-0.2, -0.15) is 0 Å². The van der Waals surface area contributed by atoms with E-state index in [9.17, 15) is 9.18 Å². The Balaban J connectivity index is 2.00. The molecule has 0 radical (unpaired) electrons. The summed E-state index contributed by atoms with van der Waals surface area (Å²) in [6.07, 6.45) is 3.07. The van der Waals surface area contributed by atoms with Crippen LogP contribution in [0, 0.1) is 5.82 Å². The predicted molar refractivity (Wildman–Crippen MR) is 101 cm³/mol. The fourth-order valence-corrected chi connectivity index (χ4v) is 3.33. The molecule has 0 bridgehead atoms. The molecule has 1 amide bonds. The zero-order valence-electron chi connectivity index (χ0n) is 14.0. The van der Waals surface area contributed by atoms with Gasteiger partial charge in [-0.3, -0.25) is 14.8 Å². The molecule has 0 atom stereocenters. The van der Waals surface area contributed by atoms with Gasteiger partial charge >= 0.3 is 0 Å². The molecule has 0 saturated heterocycles. The van der Waals surface area contributed by atoms with Gasteiger partial charge in [-0.1, -0.05) is 23.2 Å². The fourth-order valence-electron chi connectivity index (χ4n) is 2.92. The Morgan fingerprint density at radius 2 is 2.11 bits per heavy atom. The SMILES string of the molecule is CNC(=O)c1cn2c(n1)CN=C(c1ncccc1F)c1c-2ccc(Cl)c1Cl. The molecular formula is C18H12Cl2FN5O. The summed E-state index contributed by atoms with van der Waals surface area (Å²) in [6.45, 7) is 0.116. The van der Waals surface area contributed by atoms with E-state index in [1.54, 1.807) is 22.9 Å². The maximum Gasteiger partial charge on any atom is 0.271 e. The first-order valence-corrected chi connectivity index (χ1v) is 8.71. The van der Waals surface area contributed by atoms with E-state index < -0.39 is 5.82 Å². The topological polar surface area (TPSA) is 72.2 Å². The molecule has 27 heavy (non-hydrogen) atoms. The number of rotatable bonds is 2. The van der Waals surface area contributed by atoms with Gasteiger partial charge in [0, 0.05) is 25.0 Å². The molecule has 136 valence electrons. The molecular weight excluding hydrogens is 392 g/mol. The largest absolute Gasteiger partial charge is 0.354 e. The zero-order valence-corrected chi connectivity index (χ0v) is 15.5. The number of nitrogens with zero attached hydrogens (tertiary/aromatic N) is 4. The maximum absolute atomic E-state index is 14.4. The van der Waals surface area contributed by atoms with Crippen molar-refractivity contribution < 1.29 is 9.18 Å². The van der Waals surface area contributed by atoms with Crippen molar-refractivity contribution in [2.75, 3.05) is 7.05 Å². The summed E-state index contributed by atoms with van der Waals surface area (Å²) in [7, 11) is 1.53. The molecule has 6 nitrogen and oxygen atoms in total. The van der Waals surface area contributed by atoms with Gasteiger partial charge < -0.3 is 9.88 Å². The molecule has 1 aromatic carbocycles. The number of fused-ring (bicyclic) bond motifs is 3. The van der Waals surface area contributed by atoms with Crippen molar-refractivity contribution in [3.05, 3.63) is 75.3 Å². The minimum absolute atomic E-state index is 0.0696. The lowest BCUT2D eigenvalue weighted by Gasteiger charge is -2.14. The molecule has 9 heteroatoms. The van der Waals surface area contributed by atoms with Crippen LogP contribution in [0.25, 0.3) is 5.69 Å². The van der Waals surface area contributed by atoms with Crippen molar-refractivity contribution in [3.8, 4) is 5.69 Å². The van der Waals surface area contributed by atoms with Gasteiger partial charge in [-0.05, 0) is 24.3 Å². The number of aliphatic imine (C=N–C) groups is 1. The molecule has 0 spiro atoms. The highest BCUT2D eigenvalue weighted by Gasteiger charge is 2.27. The van der Waals surface area contributed by atoms with E-state index in [1.807, 2.05) is 0 Å². The highest BCUT2D eigenvalue weighted by atomic mass is 35.5. The van der Waals surface area contributed by atoms with E-state index in [0.29, 0.717) is 22.1 Å². The van der Waals surface area contributed by atoms with Crippen LogP contribution >= 0.6 is 23.2 Å². The van der Waals surface area contributed by atoms with Gasteiger partial charge in [0.2, 0.25) is 0 Å². The molecule has 0 aliphatic carbocycles. The summed E-state index contributed by atoms with van der Waals surface area (Å²) in [5, 5.41) is 3.06. The number of benzene rings is 1. The van der Waals surface area contributed by atoms with Crippen LogP contribution in [0.4, 0.5) is 4.39 Å². The number of halogens is 3. The lowest BCUT2D eigenvalue weighted by molar-refractivity contribution is 0.0958. The third-order valence-corrected chi connectivity index (χ3v) is 4.97. The average Bonchev–Trinajstić information content (AvgIpc) is 3.03. The van der Waals surface area contributed by atoms with Gasteiger partial charge in [0.25, 0.3) is 5.91 Å². The number of pyridine rings is 1. The van der Waals surface area contributed by atoms with Gasteiger partial charge in [-0.15, -0.1) is 0 Å². The second-order valence-corrected chi connectivity index (χ2v) is 6.53. The Bertz CT molecular complexity index is 1110. The first-order chi connectivity index (χ1) is 13.0. The minimum atomic E-state index is -0.524. The highest BCUT2D eigenvalue weighted by Crippen LogP contribution is 2.35. The highest BCUT2D eigenvalue weighted by molar-refractivity contribution is 6.45. The van der Waals surface area contributed by atoms with Crippen LogP contribution in [-0.4, -0.2) is 33.2 Å². The number of aromatic nitrogens is 3. The second kappa shape index (κ2) is 6.75. The maximum atomic E-state index is 14.4. The monoisotopic (exact) mass is 403 g/mol. The zero-order chi connectivity index (χ0) is 19.1. The van der Waals surface area contributed by atoms with Crippen LogP contribution in [0.1, 0.15) is 27.6 Å². The van der Waals surface area contributed by atoms with E-state index >= 15 is 0 Å². The quantitative estimate of drug-likeness (QED) is 0.712. The number of carbonyl (C=O) groups is 1. The second-order valence-electron chi connectivity index (χ2n) is 5.75. The van der Waals surface area contributed by atoms with Crippen LogP contribution in [-0.2, 0) is 6.54 Å². The van der Waals surface area contributed by atoms with Crippen molar-refractivity contribution >= 4 is 34.8 Å². The Labute approximate surface area is 163 Å². The summed E-state index contributed by atoms with van der Waals surface area (Å²) >= 11 is 12.7. The minimum Gasteiger partial charge on any atom is -0.354 e. The van der Waals surface area contributed by atoms with E-state index in [-0.39, 0.29) is 34.6 Å². The fraction of sp³-hybridized carbons (Fsp3) is 0.111. The summed E-state index contributed by atoms with van der Waals surface area (Å²) in [4.78, 5) is 24.9. The Morgan fingerprint density at radius 1 is 1.30 bits per heavy atom. The number of nitrogens with one attached hydrogen (secondary N) is 1. The third-order valence-electron chi connectivity index (χ3n) is 4.17. The normalized spacial score (nSPS) is 12.7. The molecule has 1 aliphatic heterocycles. The number of hydrogen-bond acceptors (Lipinski definition) is 4. The van der Waals surface area contributed by atoms with Crippen molar-refractivity contribution in [1.29, 1.82) is 0 Å². The van der Waals surface area contributed by atoms with Gasteiger partial charge in [0.15, 0.2) is 5.82 Å². The summed E-state index contributed by atoms with van der Waals surface area (Å²) in [5.41, 5.74) is 1.61. The number of amides is 1. The first-order valence-electron chi connectivity index (χ1n) is 7.95. The van der Waals surface area contributed by atoms with Gasteiger partial charge in [-0.25, -0.2) is 9.37 Å². The Kier molecular flexibility index (Phi) is 4.41. The Hall–Kier alpha value is -2.77. The lowest BCUT2D eigenvalue weighted by Crippen LogP contribution is -2.18. The van der Waals surface area contributed by atoms with Crippen molar-refractivity contribution in [2.45, 2.75) is 6.54 Å². The van der Waals surface area contributed by atoms with Crippen LogP contribution in [0.2, 0.25) is 10.0 Å². The predicted octanol–water partition coefficient (Wildman–Crippen LogP) is 3.42. The molecule has 1 aliphatic rings. The average molecular weight is 404 g/mol. The van der Waals surface area contributed by atoms with Crippen LogP contribution in [0.15, 0.2) is 41.7 Å². The van der Waals surface area contributed by atoms with Crippen molar-refractivity contribution in [1.82, 2.24) is 19.9 Å². The summed E-state index contributed by atoms with van der Waals surface area (Å²) in [6, 6.07) is 6.15. The van der Waals surface area contributed by atoms with Gasteiger partial charge in [0.05, 0.1) is 28.0 Å². The number of hydrogen-bond donors (Lipinski definition) is 1. The molecule has 2 aromatic heterocycles. The van der Waals surface area contributed by atoms with E-state index in [2.05, 4.69) is 20.3 Å². The summed E-state index contributed by atoms with van der Waals surface area (Å²) in [5.74, 6) is -0.333. The van der Waals surface area contributed by atoms with Crippen LogP contribution in [0.3, 0.4) is 0 Å². The van der Waals surface area contributed by atoms with E-state index in [0.717, 1.165) is 0 Å². The number of carbonyl (C=O) groups excluding carboxylic acids is 1. The first kappa shape index (κ1) is 17.6. The van der Waals surface area contributed by atoms with Crippen molar-refractivity contribution in [2.24, 2.45) is 4.99 Å². The van der Waals surface area contributed by atoms with Crippen LogP contribution in [0.5, 0.6) is 0 Å². The van der Waals surface area contributed by atoms with E-state index in [4.69, 9.17) is 23.2 Å². The van der Waals surface area contributed by atoms with E-state index in [1.165, 1.54) is 25.4 Å². The smallest absolute Gasteiger partial charge is 0.271 e. The molecule has 3 aromatic rings. The standard InChI is InChI=1S/C18H12Cl2FN5O/c1-22-18(27)11-8-26-12-5-4-9(19)15(20)14(12)17(24-7-13(26)25-11)16-10(21)3-2-6-23-16/h2-6,8H,7H2,1H3,(H,22,27). The van der Waals surface area contributed by atoms with Crippen LogP contribution < -0.4 is 5.32 Å². The molecule has 1 N–H and O–H groups in total. The molecule has 0 saturated carbocycles. The molecule has 3 heterocycles.